The van der Waals surface area contributed by atoms with Crippen LogP contribution in [-0.2, 0) is 28.6 Å². The summed E-state index contributed by atoms with van der Waals surface area (Å²) in [4.78, 5) is 38.2. The fourth-order valence-corrected chi connectivity index (χ4v) is 9.14. The highest BCUT2D eigenvalue weighted by Gasteiger charge is 2.19. The summed E-state index contributed by atoms with van der Waals surface area (Å²) >= 11 is 0. The van der Waals surface area contributed by atoms with Crippen LogP contribution in [0.1, 0.15) is 329 Å². The highest BCUT2D eigenvalue weighted by Crippen LogP contribution is 2.17. The second-order valence-corrected chi connectivity index (χ2v) is 21.0. The molecular formula is C65H118O6. The molecule has 0 saturated heterocycles. The third-order valence-corrected chi connectivity index (χ3v) is 13.8. The van der Waals surface area contributed by atoms with Crippen molar-refractivity contribution in [2.45, 2.75) is 335 Å². The van der Waals surface area contributed by atoms with Gasteiger partial charge in [0, 0.05) is 19.3 Å². The number of rotatable bonds is 57. The molecule has 0 aliphatic heterocycles. The summed E-state index contributed by atoms with van der Waals surface area (Å²) in [5.41, 5.74) is 0. The van der Waals surface area contributed by atoms with E-state index in [4.69, 9.17) is 14.2 Å². The molecule has 71 heavy (non-hydrogen) atoms. The van der Waals surface area contributed by atoms with Gasteiger partial charge in [-0.2, -0.15) is 0 Å². The van der Waals surface area contributed by atoms with Crippen molar-refractivity contribution in [3.05, 3.63) is 48.6 Å². The molecule has 0 radical (unpaired) electrons. The Morgan fingerprint density at radius 2 is 0.521 bits per heavy atom. The molecule has 0 bridgehead atoms. The molecule has 0 amide bonds. The molecule has 0 heterocycles. The first kappa shape index (κ1) is 68.4. The van der Waals surface area contributed by atoms with E-state index in [1.54, 1.807) is 0 Å². The topological polar surface area (TPSA) is 78.9 Å². The molecule has 0 aliphatic rings. The van der Waals surface area contributed by atoms with E-state index in [2.05, 4.69) is 69.4 Å². The third-order valence-electron chi connectivity index (χ3n) is 13.8. The van der Waals surface area contributed by atoms with E-state index in [0.29, 0.717) is 19.3 Å². The zero-order valence-corrected chi connectivity index (χ0v) is 47.5. The Morgan fingerprint density at radius 3 is 0.845 bits per heavy atom. The number of allylic oxidation sites excluding steroid dienone is 8. The van der Waals surface area contributed by atoms with Crippen LogP contribution in [-0.4, -0.2) is 37.2 Å². The van der Waals surface area contributed by atoms with Crippen molar-refractivity contribution in [2.24, 2.45) is 0 Å². The Labute approximate surface area is 441 Å². The SMILES string of the molecule is CCCCC/C=C\C/C=C\C/C=C\C/C=C\CCCC(=O)OC[C@H](COC(=O)CCCCCCCCCCCCCCCCCCC)OC(=O)CCCCCCCCCCCCCCCCCCCCC. The minimum absolute atomic E-state index is 0.0851. The second kappa shape index (κ2) is 59.9. The van der Waals surface area contributed by atoms with E-state index in [1.807, 2.05) is 0 Å². The van der Waals surface area contributed by atoms with Crippen molar-refractivity contribution in [3.8, 4) is 0 Å². The van der Waals surface area contributed by atoms with Crippen LogP contribution in [0, 0.1) is 0 Å². The molecule has 0 N–H and O–H groups in total. The minimum Gasteiger partial charge on any atom is -0.462 e. The van der Waals surface area contributed by atoms with Gasteiger partial charge in [-0.25, -0.2) is 0 Å². The number of unbranched alkanes of at least 4 members (excludes halogenated alkanes) is 38. The maximum atomic E-state index is 12.9. The van der Waals surface area contributed by atoms with Gasteiger partial charge in [0.2, 0.25) is 0 Å². The lowest BCUT2D eigenvalue weighted by Gasteiger charge is -2.18. The molecule has 414 valence electrons. The van der Waals surface area contributed by atoms with Crippen molar-refractivity contribution >= 4 is 17.9 Å². The van der Waals surface area contributed by atoms with Crippen LogP contribution < -0.4 is 0 Å². The summed E-state index contributed by atoms with van der Waals surface area (Å²) in [7, 11) is 0. The van der Waals surface area contributed by atoms with E-state index in [9.17, 15) is 14.4 Å². The van der Waals surface area contributed by atoms with E-state index in [-0.39, 0.29) is 37.5 Å². The number of carbonyl (C=O) groups is 3. The lowest BCUT2D eigenvalue weighted by atomic mass is 10.0. The standard InChI is InChI=1S/C65H118O6/c1-4-7-10-13-16-19-22-25-28-31-32-35-38-41-44-47-50-53-56-59-65(68)71-62(60-69-63(66)57-54-51-48-45-42-39-36-33-29-26-23-20-17-14-11-8-5-2)61-70-64(67)58-55-52-49-46-43-40-37-34-30-27-24-21-18-15-12-9-6-3/h17,20,26,29,36,39,45,48,62H,4-16,18-19,21-25,27-28,30-35,37-38,40-44,46-47,49-61H2,1-3H3/b20-17-,29-26-,39-36-,48-45-/t62-/m1/s1. The molecule has 0 aliphatic carbocycles. The van der Waals surface area contributed by atoms with E-state index < -0.39 is 6.10 Å². The highest BCUT2D eigenvalue weighted by molar-refractivity contribution is 5.71. The first-order chi connectivity index (χ1) is 35.0. The molecule has 0 saturated carbocycles. The van der Waals surface area contributed by atoms with Gasteiger partial charge in [0.15, 0.2) is 6.10 Å². The lowest BCUT2D eigenvalue weighted by Crippen LogP contribution is -2.30. The average molecular weight is 996 g/mol. The summed E-state index contributed by atoms with van der Waals surface area (Å²) in [6.07, 6.45) is 74.0. The fourth-order valence-electron chi connectivity index (χ4n) is 9.14. The largest absolute Gasteiger partial charge is 0.462 e. The third kappa shape index (κ3) is 58.1. The second-order valence-electron chi connectivity index (χ2n) is 21.0. The van der Waals surface area contributed by atoms with Crippen molar-refractivity contribution in [1.82, 2.24) is 0 Å². The van der Waals surface area contributed by atoms with E-state index in [1.165, 1.54) is 218 Å². The van der Waals surface area contributed by atoms with Gasteiger partial charge in [-0.05, 0) is 57.8 Å². The van der Waals surface area contributed by atoms with Gasteiger partial charge in [-0.15, -0.1) is 0 Å². The number of carbonyl (C=O) groups excluding carboxylic acids is 3. The Hall–Kier alpha value is -2.63. The predicted octanol–water partition coefficient (Wildman–Crippen LogP) is 21.0. The zero-order chi connectivity index (χ0) is 51.4. The first-order valence-corrected chi connectivity index (χ1v) is 31.1. The first-order valence-electron chi connectivity index (χ1n) is 31.1. The maximum Gasteiger partial charge on any atom is 0.306 e. The minimum atomic E-state index is -0.792. The van der Waals surface area contributed by atoms with E-state index in [0.717, 1.165) is 64.2 Å². The predicted molar refractivity (Wildman–Crippen MR) is 307 cm³/mol. The van der Waals surface area contributed by atoms with Gasteiger partial charge in [-0.3, -0.25) is 14.4 Å². The Bertz CT molecular complexity index is 1230. The molecule has 0 aromatic heterocycles. The van der Waals surface area contributed by atoms with Crippen LogP contribution in [0.3, 0.4) is 0 Å². The summed E-state index contributed by atoms with van der Waals surface area (Å²) in [5.74, 6) is -0.922. The normalized spacial score (nSPS) is 12.3. The van der Waals surface area contributed by atoms with Crippen LogP contribution in [0.25, 0.3) is 0 Å². The van der Waals surface area contributed by atoms with Crippen molar-refractivity contribution in [3.63, 3.8) is 0 Å². The molecule has 0 rings (SSSR count). The smallest absolute Gasteiger partial charge is 0.306 e. The van der Waals surface area contributed by atoms with Gasteiger partial charge in [0.25, 0.3) is 0 Å². The molecule has 0 spiro atoms. The van der Waals surface area contributed by atoms with Gasteiger partial charge in [0.05, 0.1) is 0 Å². The quantitative estimate of drug-likeness (QED) is 0.0261. The summed E-state index contributed by atoms with van der Waals surface area (Å²) in [5, 5.41) is 0. The van der Waals surface area contributed by atoms with E-state index >= 15 is 0 Å². The number of ether oxygens (including phenoxy) is 3. The van der Waals surface area contributed by atoms with Crippen molar-refractivity contribution in [2.75, 3.05) is 13.2 Å². The molecule has 0 unspecified atom stereocenters. The van der Waals surface area contributed by atoms with Crippen molar-refractivity contribution < 1.29 is 28.6 Å². The zero-order valence-electron chi connectivity index (χ0n) is 47.5. The van der Waals surface area contributed by atoms with Crippen LogP contribution in [0.5, 0.6) is 0 Å². The number of esters is 3. The van der Waals surface area contributed by atoms with Crippen molar-refractivity contribution in [1.29, 1.82) is 0 Å². The maximum absolute atomic E-state index is 12.9. The lowest BCUT2D eigenvalue weighted by molar-refractivity contribution is -0.167. The molecular weight excluding hydrogens is 877 g/mol. The molecule has 6 heteroatoms. The number of hydrogen-bond donors (Lipinski definition) is 0. The molecule has 1 atom stereocenters. The van der Waals surface area contributed by atoms with Crippen LogP contribution in [0.4, 0.5) is 0 Å². The van der Waals surface area contributed by atoms with Crippen LogP contribution >= 0.6 is 0 Å². The average Bonchev–Trinajstić information content (AvgIpc) is 3.37. The monoisotopic (exact) mass is 995 g/mol. The molecule has 0 fully saturated rings. The van der Waals surface area contributed by atoms with Crippen LogP contribution in [0.2, 0.25) is 0 Å². The summed E-state index contributed by atoms with van der Waals surface area (Å²) in [6.45, 7) is 6.62. The number of hydrogen-bond acceptors (Lipinski definition) is 6. The van der Waals surface area contributed by atoms with Gasteiger partial charge in [0.1, 0.15) is 13.2 Å². The van der Waals surface area contributed by atoms with Gasteiger partial charge in [-0.1, -0.05) is 301 Å². The Balaban J connectivity index is 4.40. The molecule has 0 aromatic carbocycles. The molecule has 6 nitrogen and oxygen atoms in total. The summed E-state index contributed by atoms with van der Waals surface area (Å²) < 4.78 is 16.9. The summed E-state index contributed by atoms with van der Waals surface area (Å²) in [6, 6.07) is 0. The van der Waals surface area contributed by atoms with Gasteiger partial charge >= 0.3 is 17.9 Å². The van der Waals surface area contributed by atoms with Gasteiger partial charge < -0.3 is 14.2 Å². The molecule has 0 aromatic rings. The Morgan fingerprint density at radius 1 is 0.282 bits per heavy atom. The highest BCUT2D eigenvalue weighted by atomic mass is 16.6. The fraction of sp³-hybridized carbons (Fsp3) is 0.831. The van der Waals surface area contributed by atoms with Crippen LogP contribution in [0.15, 0.2) is 48.6 Å². The Kier molecular flexibility index (Phi) is 57.7.